The molecule has 1 saturated heterocycles. The van der Waals surface area contributed by atoms with Crippen molar-refractivity contribution in [1.82, 2.24) is 15.5 Å². The molecule has 1 atom stereocenters. The van der Waals surface area contributed by atoms with E-state index in [1.54, 1.807) is 6.07 Å². The number of nitrogens with one attached hydrogen (secondary N) is 2. The van der Waals surface area contributed by atoms with Gasteiger partial charge in [0, 0.05) is 32.2 Å². The first-order valence-electron chi connectivity index (χ1n) is 8.15. The number of ether oxygens (including phenoxy) is 1. The van der Waals surface area contributed by atoms with Gasteiger partial charge in [0.15, 0.2) is 5.60 Å². The van der Waals surface area contributed by atoms with E-state index >= 15 is 0 Å². The van der Waals surface area contributed by atoms with Gasteiger partial charge in [-0.3, -0.25) is 9.59 Å². The van der Waals surface area contributed by atoms with Crippen LogP contribution in [0.3, 0.4) is 0 Å². The first-order chi connectivity index (χ1) is 11.9. The van der Waals surface area contributed by atoms with Crippen LogP contribution in [0.5, 0.6) is 5.75 Å². The molecular weight excluding hydrogens is 329 g/mol. The van der Waals surface area contributed by atoms with Crippen molar-refractivity contribution in [3.63, 3.8) is 0 Å². The van der Waals surface area contributed by atoms with Gasteiger partial charge in [-0.25, -0.2) is 4.39 Å². The number of methoxy groups -OCH3 is 1. The molecule has 1 aliphatic heterocycles. The van der Waals surface area contributed by atoms with E-state index in [1.807, 2.05) is 0 Å². The summed E-state index contributed by atoms with van der Waals surface area (Å²) in [4.78, 5) is 25.3. The van der Waals surface area contributed by atoms with Crippen molar-refractivity contribution in [3.8, 4) is 5.75 Å². The third kappa shape index (κ3) is 4.67. The monoisotopic (exact) mass is 353 g/mol. The highest BCUT2D eigenvalue weighted by atomic mass is 19.1. The third-order valence-electron chi connectivity index (χ3n) is 4.30. The molecular formula is C17H24FN3O4. The molecule has 8 heteroatoms. The standard InChI is InChI=1S/C17H24FN3O4/c1-19-15(22)9-20-11-17(24)6-3-7-21(16(17)23)10-12-8-13(25-2)4-5-14(12)18/h4-5,8,20,24H,3,6-7,9-11H2,1-2H3,(H,19,22)/t17-/m1/s1. The van der Waals surface area contributed by atoms with Crippen molar-refractivity contribution in [2.24, 2.45) is 0 Å². The largest absolute Gasteiger partial charge is 0.497 e. The number of halogens is 1. The fourth-order valence-corrected chi connectivity index (χ4v) is 2.86. The van der Waals surface area contributed by atoms with E-state index in [0.717, 1.165) is 0 Å². The lowest BCUT2D eigenvalue weighted by molar-refractivity contribution is -0.157. The molecule has 0 unspecified atom stereocenters. The number of hydrogen-bond donors (Lipinski definition) is 3. The Hall–Kier alpha value is -2.19. The Morgan fingerprint density at radius 1 is 1.48 bits per heavy atom. The molecule has 1 aliphatic rings. The molecule has 1 aromatic rings. The molecule has 1 heterocycles. The summed E-state index contributed by atoms with van der Waals surface area (Å²) in [6, 6.07) is 4.34. The summed E-state index contributed by atoms with van der Waals surface area (Å²) >= 11 is 0. The van der Waals surface area contributed by atoms with Gasteiger partial charge in [0.05, 0.1) is 13.7 Å². The quantitative estimate of drug-likeness (QED) is 0.643. The van der Waals surface area contributed by atoms with Crippen LogP contribution in [0, 0.1) is 5.82 Å². The summed E-state index contributed by atoms with van der Waals surface area (Å²) in [6.07, 6.45) is 0.888. The van der Waals surface area contributed by atoms with Gasteiger partial charge in [-0.15, -0.1) is 0 Å². The van der Waals surface area contributed by atoms with Crippen LogP contribution in [-0.2, 0) is 16.1 Å². The van der Waals surface area contributed by atoms with Crippen molar-refractivity contribution in [2.75, 3.05) is 33.8 Å². The maximum absolute atomic E-state index is 14.0. The van der Waals surface area contributed by atoms with Crippen LogP contribution in [0.2, 0.25) is 0 Å². The van der Waals surface area contributed by atoms with E-state index < -0.39 is 17.3 Å². The topological polar surface area (TPSA) is 90.9 Å². The van der Waals surface area contributed by atoms with Crippen molar-refractivity contribution >= 4 is 11.8 Å². The van der Waals surface area contributed by atoms with E-state index in [9.17, 15) is 19.1 Å². The number of nitrogens with zero attached hydrogens (tertiary/aromatic N) is 1. The van der Waals surface area contributed by atoms with Crippen LogP contribution >= 0.6 is 0 Å². The second-order valence-electron chi connectivity index (χ2n) is 6.10. The Labute approximate surface area is 146 Å². The lowest BCUT2D eigenvalue weighted by Crippen LogP contribution is -2.58. The highest BCUT2D eigenvalue weighted by Gasteiger charge is 2.42. The van der Waals surface area contributed by atoms with Gasteiger partial charge in [0.2, 0.25) is 5.91 Å². The summed E-state index contributed by atoms with van der Waals surface area (Å²) in [5, 5.41) is 15.9. The van der Waals surface area contributed by atoms with Crippen molar-refractivity contribution in [1.29, 1.82) is 0 Å². The van der Waals surface area contributed by atoms with Crippen LogP contribution in [0.15, 0.2) is 18.2 Å². The van der Waals surface area contributed by atoms with Crippen LogP contribution < -0.4 is 15.4 Å². The summed E-state index contributed by atoms with van der Waals surface area (Å²) in [5.41, 5.74) is -1.27. The van der Waals surface area contributed by atoms with Gasteiger partial charge in [0.25, 0.3) is 5.91 Å². The Bertz CT molecular complexity index is 640. The third-order valence-corrected chi connectivity index (χ3v) is 4.30. The zero-order valence-electron chi connectivity index (χ0n) is 14.5. The molecule has 0 spiro atoms. The molecule has 0 radical (unpaired) electrons. The number of amides is 2. The van der Waals surface area contributed by atoms with Gasteiger partial charge in [0.1, 0.15) is 11.6 Å². The number of benzene rings is 1. The van der Waals surface area contributed by atoms with Crippen LogP contribution in [0.25, 0.3) is 0 Å². The number of carbonyl (C=O) groups is 2. The highest BCUT2D eigenvalue weighted by Crippen LogP contribution is 2.25. The average Bonchev–Trinajstić information content (AvgIpc) is 2.60. The van der Waals surface area contributed by atoms with Gasteiger partial charge in [-0.1, -0.05) is 0 Å². The van der Waals surface area contributed by atoms with E-state index in [4.69, 9.17) is 4.74 Å². The summed E-state index contributed by atoms with van der Waals surface area (Å²) in [7, 11) is 2.99. The molecule has 2 rings (SSSR count). The average molecular weight is 353 g/mol. The molecule has 7 nitrogen and oxygen atoms in total. The highest BCUT2D eigenvalue weighted by molar-refractivity contribution is 5.86. The van der Waals surface area contributed by atoms with Crippen LogP contribution in [0.1, 0.15) is 18.4 Å². The smallest absolute Gasteiger partial charge is 0.256 e. The number of hydrogen-bond acceptors (Lipinski definition) is 5. The van der Waals surface area contributed by atoms with E-state index in [2.05, 4.69) is 10.6 Å². The van der Waals surface area contributed by atoms with Crippen LogP contribution in [0.4, 0.5) is 4.39 Å². The molecule has 1 aromatic carbocycles. The van der Waals surface area contributed by atoms with Gasteiger partial charge < -0.3 is 25.4 Å². The van der Waals surface area contributed by atoms with Gasteiger partial charge in [-0.05, 0) is 31.0 Å². The van der Waals surface area contributed by atoms with Crippen molar-refractivity contribution in [2.45, 2.75) is 25.0 Å². The predicted octanol–water partition coefficient (Wildman–Crippen LogP) is 0.0234. The first-order valence-corrected chi connectivity index (χ1v) is 8.15. The van der Waals surface area contributed by atoms with Gasteiger partial charge in [-0.2, -0.15) is 0 Å². The molecule has 2 amide bonds. The minimum atomic E-state index is -1.60. The van der Waals surface area contributed by atoms with E-state index in [-0.39, 0.29) is 25.5 Å². The van der Waals surface area contributed by atoms with Crippen LogP contribution in [-0.4, -0.2) is 61.2 Å². The normalized spacial score (nSPS) is 20.5. The minimum Gasteiger partial charge on any atom is -0.497 e. The maximum Gasteiger partial charge on any atom is 0.256 e. The Kier molecular flexibility index (Phi) is 6.33. The van der Waals surface area contributed by atoms with Gasteiger partial charge >= 0.3 is 0 Å². The number of piperidine rings is 1. The predicted molar refractivity (Wildman–Crippen MR) is 89.5 cm³/mol. The number of aliphatic hydroxyl groups is 1. The SMILES string of the molecule is CNC(=O)CNC[C@]1(O)CCCN(Cc2cc(OC)ccc2F)C1=O. The number of carbonyl (C=O) groups excluding carboxylic acids is 2. The fraction of sp³-hybridized carbons (Fsp3) is 0.529. The maximum atomic E-state index is 14.0. The molecule has 138 valence electrons. The van der Waals surface area contributed by atoms with E-state index in [1.165, 1.54) is 31.2 Å². The Morgan fingerprint density at radius 2 is 2.24 bits per heavy atom. The van der Waals surface area contributed by atoms with Crippen molar-refractivity contribution < 1.29 is 23.8 Å². The first kappa shape index (κ1) is 19.1. The summed E-state index contributed by atoms with van der Waals surface area (Å²) in [5.74, 6) is -0.628. The Morgan fingerprint density at radius 3 is 2.92 bits per heavy atom. The minimum absolute atomic E-state index is 0.0105. The lowest BCUT2D eigenvalue weighted by atomic mass is 9.91. The Balaban J connectivity index is 2.05. The second-order valence-corrected chi connectivity index (χ2v) is 6.10. The molecule has 3 N–H and O–H groups in total. The fourth-order valence-electron chi connectivity index (χ4n) is 2.86. The summed E-state index contributed by atoms with van der Waals surface area (Å²) < 4.78 is 19.1. The lowest BCUT2D eigenvalue weighted by Gasteiger charge is -2.38. The van der Waals surface area contributed by atoms with Crippen molar-refractivity contribution in [3.05, 3.63) is 29.6 Å². The number of likely N-dealkylation sites (N-methyl/N-ethyl adjacent to an activating group) is 1. The molecule has 0 bridgehead atoms. The molecule has 0 aliphatic carbocycles. The zero-order valence-corrected chi connectivity index (χ0v) is 14.5. The zero-order chi connectivity index (χ0) is 18.4. The summed E-state index contributed by atoms with van der Waals surface area (Å²) in [6.45, 7) is 0.472. The second kappa shape index (κ2) is 8.26. The molecule has 25 heavy (non-hydrogen) atoms. The molecule has 0 aromatic heterocycles. The number of rotatable bonds is 7. The molecule has 0 saturated carbocycles. The van der Waals surface area contributed by atoms with E-state index in [0.29, 0.717) is 30.7 Å². The molecule has 1 fully saturated rings. The number of likely N-dealkylation sites (tertiary alicyclic amines) is 1.